The first kappa shape index (κ1) is 34.9. The van der Waals surface area contributed by atoms with Crippen molar-refractivity contribution in [2.75, 3.05) is 0 Å². The Morgan fingerprint density at radius 3 is 0.830 bits per heavy atom. The van der Waals surface area contributed by atoms with Crippen LogP contribution < -0.4 is 0 Å². The van der Waals surface area contributed by atoms with Gasteiger partial charge in [-0.1, -0.05) is 120 Å². The zero-order chi connectivity index (χ0) is 31.7. The molecule has 0 aliphatic heterocycles. The Balaban J connectivity index is 0.999. The van der Waals surface area contributed by atoms with Gasteiger partial charge in [0.05, 0.1) is 0 Å². The van der Waals surface area contributed by atoms with Crippen molar-refractivity contribution in [1.82, 2.24) is 4.90 Å². The molecule has 7 fully saturated rings. The van der Waals surface area contributed by atoms with Crippen LogP contribution in [0.25, 0.3) is 0 Å². The minimum absolute atomic E-state index is 0.882. The van der Waals surface area contributed by atoms with Crippen LogP contribution in [0.2, 0.25) is 0 Å². The Hall–Kier alpha value is -0.560. The molecule has 1 heteroatoms. The smallest absolute Gasteiger partial charge is 0.0102 e. The van der Waals surface area contributed by atoms with Gasteiger partial charge in [0.2, 0.25) is 0 Å². The van der Waals surface area contributed by atoms with Gasteiger partial charge >= 0.3 is 0 Å². The van der Waals surface area contributed by atoms with E-state index in [1.54, 1.807) is 0 Å². The van der Waals surface area contributed by atoms with Crippen molar-refractivity contribution in [2.45, 2.75) is 230 Å². The molecule has 7 aliphatic carbocycles. The molecule has 0 amide bonds. The van der Waals surface area contributed by atoms with Gasteiger partial charge in [-0.3, -0.25) is 4.90 Å². The highest BCUT2D eigenvalue weighted by Crippen LogP contribution is 2.45. The monoisotopic (exact) mass is 644 g/mol. The molecule has 0 spiro atoms. The van der Waals surface area contributed by atoms with Gasteiger partial charge in [0, 0.05) is 18.1 Å². The molecule has 7 rings (SSSR count). The minimum atomic E-state index is 0.882. The van der Waals surface area contributed by atoms with Crippen LogP contribution in [0.5, 0.6) is 0 Å². The van der Waals surface area contributed by atoms with E-state index < -0.39 is 0 Å². The molecule has 0 aromatic heterocycles. The minimum Gasteiger partial charge on any atom is -0.294 e. The summed E-state index contributed by atoms with van der Waals surface area (Å²) in [4.78, 5) is 3.26. The molecule has 0 radical (unpaired) electrons. The summed E-state index contributed by atoms with van der Waals surface area (Å²) in [6.45, 7) is 0. The first-order valence-electron chi connectivity index (χ1n) is 22.5. The van der Waals surface area contributed by atoms with Crippen LogP contribution in [0.3, 0.4) is 0 Å². The number of allylic oxidation sites excluding steroid dienone is 4. The molecule has 0 saturated heterocycles. The first-order valence-corrected chi connectivity index (χ1v) is 22.5. The third-order valence-electron chi connectivity index (χ3n) is 15.5. The Morgan fingerprint density at radius 1 is 0.277 bits per heavy atom. The van der Waals surface area contributed by atoms with E-state index in [0.29, 0.717) is 0 Å². The normalized spacial score (nSPS) is 33.5. The van der Waals surface area contributed by atoms with E-state index in [-0.39, 0.29) is 0 Å². The Labute approximate surface area is 293 Å². The second-order valence-corrected chi connectivity index (χ2v) is 18.5. The predicted octanol–water partition coefficient (Wildman–Crippen LogP) is 13.9. The summed E-state index contributed by atoms with van der Waals surface area (Å²) in [6, 6.07) is 2.67. The first-order chi connectivity index (χ1) is 23.3. The molecule has 0 bridgehead atoms. The lowest BCUT2D eigenvalue weighted by molar-refractivity contribution is 0.0143. The standard InChI is InChI=1S/C46H77N/c1-6-16-38(17-7-1)45(39-18-8-2-9-19-39)34-36-26-30-43(31-27-36)47(42-24-14-5-15-25-42)44-32-28-37(29-33-44)35-46(40-20-10-3-11-21-40)41-22-12-4-13-23-41/h34-44H,1-33H2. The van der Waals surface area contributed by atoms with Crippen LogP contribution in [0.4, 0.5) is 0 Å². The van der Waals surface area contributed by atoms with E-state index >= 15 is 0 Å². The highest BCUT2D eigenvalue weighted by Gasteiger charge is 2.38. The summed E-state index contributed by atoms with van der Waals surface area (Å²) in [6.07, 6.45) is 55.4. The third-order valence-corrected chi connectivity index (χ3v) is 15.5. The lowest BCUT2D eigenvalue weighted by Crippen LogP contribution is -2.52. The van der Waals surface area contributed by atoms with E-state index in [1.165, 1.54) is 212 Å². The summed E-state index contributed by atoms with van der Waals surface area (Å²) in [5.41, 5.74) is 3.98. The molecular weight excluding hydrogens is 567 g/mol. The van der Waals surface area contributed by atoms with Crippen molar-refractivity contribution in [1.29, 1.82) is 0 Å². The van der Waals surface area contributed by atoms with Crippen molar-refractivity contribution in [2.24, 2.45) is 35.5 Å². The highest BCUT2D eigenvalue weighted by atomic mass is 15.2. The largest absolute Gasteiger partial charge is 0.294 e. The Bertz CT molecular complexity index is 835. The second kappa shape index (κ2) is 18.1. The number of nitrogens with zero attached hydrogens (tertiary/aromatic N) is 1. The van der Waals surface area contributed by atoms with Crippen LogP contribution in [0.1, 0.15) is 212 Å². The van der Waals surface area contributed by atoms with E-state index in [4.69, 9.17) is 0 Å². The van der Waals surface area contributed by atoms with Crippen molar-refractivity contribution in [3.8, 4) is 0 Å². The molecule has 0 unspecified atom stereocenters. The third kappa shape index (κ3) is 9.41. The van der Waals surface area contributed by atoms with E-state index in [1.807, 2.05) is 11.1 Å². The van der Waals surface area contributed by atoms with Crippen molar-refractivity contribution in [3.63, 3.8) is 0 Å². The van der Waals surface area contributed by atoms with Crippen LogP contribution in [-0.2, 0) is 0 Å². The molecule has 266 valence electrons. The topological polar surface area (TPSA) is 3.24 Å². The SMILES string of the molecule is C(=C(C1CCCCC1)C1CCCCC1)C1CCC(N(C2CCCCC2)C2CCC(C=C(C3CCCCC3)C3CCCCC3)CC2)CC1. The molecule has 0 heterocycles. The van der Waals surface area contributed by atoms with Gasteiger partial charge in [0.15, 0.2) is 0 Å². The van der Waals surface area contributed by atoms with E-state index in [0.717, 1.165) is 53.6 Å². The van der Waals surface area contributed by atoms with Gasteiger partial charge in [0.25, 0.3) is 0 Å². The van der Waals surface area contributed by atoms with Crippen LogP contribution in [0, 0.1) is 35.5 Å². The highest BCUT2D eigenvalue weighted by molar-refractivity contribution is 5.16. The van der Waals surface area contributed by atoms with Crippen molar-refractivity contribution >= 4 is 0 Å². The maximum Gasteiger partial charge on any atom is 0.0102 e. The fourth-order valence-electron chi connectivity index (χ4n) is 12.9. The molecule has 0 atom stereocenters. The number of hydrogen-bond donors (Lipinski definition) is 0. The summed E-state index contributed by atoms with van der Waals surface area (Å²) < 4.78 is 0. The lowest BCUT2D eigenvalue weighted by atomic mass is 9.71. The van der Waals surface area contributed by atoms with Crippen molar-refractivity contribution < 1.29 is 0 Å². The molecule has 0 N–H and O–H groups in total. The van der Waals surface area contributed by atoms with Gasteiger partial charge < -0.3 is 0 Å². The molecule has 0 aromatic carbocycles. The quantitative estimate of drug-likeness (QED) is 0.226. The molecule has 7 aliphatic rings. The summed E-state index contributed by atoms with van der Waals surface area (Å²) in [5, 5.41) is 0. The van der Waals surface area contributed by atoms with Crippen LogP contribution in [0.15, 0.2) is 23.3 Å². The predicted molar refractivity (Wildman–Crippen MR) is 203 cm³/mol. The van der Waals surface area contributed by atoms with Gasteiger partial charge in [0.1, 0.15) is 0 Å². The molecule has 7 saturated carbocycles. The average Bonchev–Trinajstić information content (AvgIpc) is 3.16. The maximum absolute atomic E-state index is 3.26. The van der Waals surface area contributed by atoms with Gasteiger partial charge in [-0.25, -0.2) is 0 Å². The number of hydrogen-bond acceptors (Lipinski definition) is 1. The van der Waals surface area contributed by atoms with Crippen molar-refractivity contribution in [3.05, 3.63) is 23.3 Å². The Kier molecular flexibility index (Phi) is 13.4. The summed E-state index contributed by atoms with van der Waals surface area (Å²) in [7, 11) is 0. The lowest BCUT2D eigenvalue weighted by Gasteiger charge is -2.49. The van der Waals surface area contributed by atoms with Gasteiger partial charge in [-0.15, -0.1) is 0 Å². The second-order valence-electron chi connectivity index (χ2n) is 18.5. The fraction of sp³-hybridized carbons (Fsp3) is 0.913. The molecule has 1 nitrogen and oxygen atoms in total. The number of rotatable bonds is 9. The zero-order valence-electron chi connectivity index (χ0n) is 31.1. The molecular formula is C46H77N. The van der Waals surface area contributed by atoms with E-state index in [9.17, 15) is 0 Å². The molecule has 0 aromatic rings. The van der Waals surface area contributed by atoms with Gasteiger partial charge in [-0.2, -0.15) is 0 Å². The van der Waals surface area contributed by atoms with Gasteiger partial charge in [-0.05, 0) is 151 Å². The maximum atomic E-state index is 3.26. The van der Waals surface area contributed by atoms with Crippen LogP contribution >= 0.6 is 0 Å². The fourth-order valence-corrected chi connectivity index (χ4v) is 12.9. The zero-order valence-corrected chi connectivity index (χ0v) is 31.1. The summed E-state index contributed by atoms with van der Waals surface area (Å²) >= 11 is 0. The summed E-state index contributed by atoms with van der Waals surface area (Å²) in [5.74, 6) is 5.57. The van der Waals surface area contributed by atoms with E-state index in [2.05, 4.69) is 17.1 Å². The average molecular weight is 644 g/mol. The Morgan fingerprint density at radius 2 is 0.532 bits per heavy atom. The van der Waals surface area contributed by atoms with Crippen LogP contribution in [-0.4, -0.2) is 23.0 Å². The molecule has 47 heavy (non-hydrogen) atoms.